The van der Waals surface area contributed by atoms with E-state index < -0.39 is 5.60 Å². The van der Waals surface area contributed by atoms with Crippen LogP contribution in [0.5, 0.6) is 0 Å². The quantitative estimate of drug-likeness (QED) is 0.524. The molecule has 0 bridgehead atoms. The molecule has 0 saturated heterocycles. The lowest BCUT2D eigenvalue weighted by molar-refractivity contribution is -0.720. The molecule has 1 N–H and O–H groups in total. The van der Waals surface area contributed by atoms with E-state index in [0.717, 1.165) is 5.56 Å². The molecule has 23 heavy (non-hydrogen) atoms. The van der Waals surface area contributed by atoms with Gasteiger partial charge < -0.3 is 15.2 Å². The van der Waals surface area contributed by atoms with Gasteiger partial charge in [0.2, 0.25) is 5.28 Å². The minimum Gasteiger partial charge on any atom is -0.569 e. The zero-order valence-electron chi connectivity index (χ0n) is 14.4. The summed E-state index contributed by atoms with van der Waals surface area (Å²) in [6, 6.07) is 9.70. The smallest absolute Gasteiger partial charge is 0.233 e. The average Bonchev–Trinajstić information content (AvgIpc) is 2.53. The van der Waals surface area contributed by atoms with Crippen LogP contribution in [-0.4, -0.2) is 33.8 Å². The van der Waals surface area contributed by atoms with Crippen molar-refractivity contribution >= 4 is 0 Å². The topological polar surface area (TPSA) is 71.1 Å². The number of rotatable bonds is 4. The average molecular weight is 321 g/mol. The lowest BCUT2D eigenvalue weighted by Gasteiger charge is -2.35. The molecule has 0 amide bonds. The van der Waals surface area contributed by atoms with Crippen molar-refractivity contribution in [2.24, 2.45) is 5.28 Å². The van der Waals surface area contributed by atoms with E-state index in [0.29, 0.717) is 30.7 Å². The van der Waals surface area contributed by atoms with Gasteiger partial charge in [-0.3, -0.25) is 0 Å². The van der Waals surface area contributed by atoms with Crippen molar-refractivity contribution in [3.05, 3.63) is 41.1 Å². The Morgan fingerprint density at radius 3 is 2.35 bits per heavy atom. The Hall–Kier alpha value is -1.82. The lowest BCUT2D eigenvalue weighted by atomic mass is 9.78. The van der Waals surface area contributed by atoms with Gasteiger partial charge in [-0.1, -0.05) is 30.3 Å². The maximum atomic E-state index is 11.9. The van der Waals surface area contributed by atoms with Crippen LogP contribution in [0.2, 0.25) is 0 Å². The largest absolute Gasteiger partial charge is 0.569 e. The second-order valence-corrected chi connectivity index (χ2v) is 7.23. The fraction of sp³-hybridized carbons (Fsp3) is 0.647. The van der Waals surface area contributed by atoms with Gasteiger partial charge in [0.15, 0.2) is 0 Å². The highest BCUT2D eigenvalue weighted by molar-refractivity contribution is 5.22. The maximum Gasteiger partial charge on any atom is 0.233 e. The standard InChI is InChI=1S/C17H27N3O3/c1-16(2,3)19(4)20(22)18-23-15-10-12-17(21,13-11-15)14-8-6-5-7-9-14/h5-9,15,21H,10-13H2,1-4H3/b20-18-/t15-,17-. The van der Waals surface area contributed by atoms with E-state index in [1.807, 2.05) is 51.1 Å². The second-order valence-electron chi connectivity index (χ2n) is 7.23. The molecule has 6 nitrogen and oxygen atoms in total. The van der Waals surface area contributed by atoms with Gasteiger partial charge in [-0.05, 0) is 52.0 Å². The molecule has 1 fully saturated rings. The molecule has 0 atom stereocenters. The van der Waals surface area contributed by atoms with Crippen molar-refractivity contribution in [3.63, 3.8) is 0 Å². The molecule has 1 aliphatic rings. The SMILES string of the molecule is CN(/[N+]([O-])=N/O[C@H]1CC[C@@](O)(c2ccccc2)CC1)C(C)(C)C. The number of hydrogen-bond donors (Lipinski definition) is 1. The molecule has 0 aliphatic heterocycles. The number of hydrogen-bond acceptors (Lipinski definition) is 4. The van der Waals surface area contributed by atoms with E-state index in [9.17, 15) is 10.3 Å². The summed E-state index contributed by atoms with van der Waals surface area (Å²) in [7, 11) is 1.68. The predicted octanol–water partition coefficient (Wildman–Crippen LogP) is 3.36. The third kappa shape index (κ3) is 4.34. The van der Waals surface area contributed by atoms with Crippen LogP contribution in [0.3, 0.4) is 0 Å². The van der Waals surface area contributed by atoms with E-state index in [1.54, 1.807) is 7.05 Å². The summed E-state index contributed by atoms with van der Waals surface area (Å²) < 4.78 is 0. The molecule has 0 radical (unpaired) electrons. The van der Waals surface area contributed by atoms with E-state index in [1.165, 1.54) is 5.01 Å². The Labute approximate surface area is 137 Å². The first-order valence-electron chi connectivity index (χ1n) is 8.08. The van der Waals surface area contributed by atoms with Crippen LogP contribution >= 0.6 is 0 Å². The first-order valence-corrected chi connectivity index (χ1v) is 8.08. The summed E-state index contributed by atoms with van der Waals surface area (Å²) in [6.45, 7) is 5.77. The fourth-order valence-corrected chi connectivity index (χ4v) is 2.63. The Bertz CT molecular complexity index is 532. The summed E-state index contributed by atoms with van der Waals surface area (Å²) in [5.41, 5.74) is -0.192. The first kappa shape index (κ1) is 17.5. The molecule has 0 unspecified atom stereocenters. The monoisotopic (exact) mass is 321 g/mol. The molecule has 6 heteroatoms. The van der Waals surface area contributed by atoms with Crippen molar-refractivity contribution < 1.29 is 14.9 Å². The number of benzene rings is 1. The molecular formula is C17H27N3O3. The van der Waals surface area contributed by atoms with Crippen LogP contribution in [0.25, 0.3) is 0 Å². The molecule has 1 aliphatic carbocycles. The Morgan fingerprint density at radius 2 is 1.83 bits per heavy atom. The third-order valence-corrected chi connectivity index (χ3v) is 4.56. The zero-order valence-corrected chi connectivity index (χ0v) is 14.4. The summed E-state index contributed by atoms with van der Waals surface area (Å²) in [4.78, 5) is 5.86. The maximum absolute atomic E-state index is 11.9. The molecule has 1 aromatic rings. The highest BCUT2D eigenvalue weighted by Crippen LogP contribution is 2.37. The predicted molar refractivity (Wildman–Crippen MR) is 87.3 cm³/mol. The van der Waals surface area contributed by atoms with Crippen molar-refractivity contribution in [1.82, 2.24) is 5.01 Å². The Morgan fingerprint density at radius 1 is 1.26 bits per heavy atom. The number of nitrogens with zero attached hydrogens (tertiary/aromatic N) is 3. The number of aliphatic hydroxyl groups is 1. The van der Waals surface area contributed by atoms with E-state index in [2.05, 4.69) is 5.28 Å². The zero-order chi connectivity index (χ0) is 17.1. The highest BCUT2D eigenvalue weighted by atomic mass is 16.7. The highest BCUT2D eigenvalue weighted by Gasteiger charge is 2.36. The van der Waals surface area contributed by atoms with Crippen molar-refractivity contribution in [3.8, 4) is 0 Å². The summed E-state index contributed by atoms with van der Waals surface area (Å²) in [5, 5.41) is 27.8. The van der Waals surface area contributed by atoms with Crippen molar-refractivity contribution in [1.29, 1.82) is 0 Å². The van der Waals surface area contributed by atoms with Crippen LogP contribution in [0.4, 0.5) is 0 Å². The van der Waals surface area contributed by atoms with Gasteiger partial charge in [-0.25, -0.2) is 0 Å². The minimum absolute atomic E-state index is 0.135. The molecule has 2 rings (SSSR count). The van der Waals surface area contributed by atoms with Gasteiger partial charge in [-0.15, -0.1) is 5.01 Å². The normalized spacial score (nSPS) is 26.0. The minimum atomic E-state index is -0.805. The number of hydrazine groups is 1. The summed E-state index contributed by atoms with van der Waals surface area (Å²) in [5.74, 6) is 0. The van der Waals surface area contributed by atoms with Gasteiger partial charge in [0.1, 0.15) is 6.10 Å². The van der Waals surface area contributed by atoms with Crippen molar-refractivity contribution in [2.45, 2.75) is 63.7 Å². The van der Waals surface area contributed by atoms with Gasteiger partial charge in [0, 0.05) is 0 Å². The van der Waals surface area contributed by atoms with E-state index in [-0.39, 0.29) is 11.6 Å². The second kappa shape index (κ2) is 6.74. The van der Waals surface area contributed by atoms with Crippen LogP contribution in [0.1, 0.15) is 52.0 Å². The fourth-order valence-electron chi connectivity index (χ4n) is 2.63. The van der Waals surface area contributed by atoms with Crippen LogP contribution in [-0.2, 0) is 10.4 Å². The first-order chi connectivity index (χ1) is 10.7. The van der Waals surface area contributed by atoms with Gasteiger partial charge >= 0.3 is 0 Å². The van der Waals surface area contributed by atoms with E-state index in [4.69, 9.17) is 4.84 Å². The molecule has 128 valence electrons. The Kier molecular flexibility index (Phi) is 5.14. The molecule has 0 spiro atoms. The molecule has 0 heterocycles. The molecular weight excluding hydrogens is 294 g/mol. The van der Waals surface area contributed by atoms with Crippen LogP contribution in [0, 0.1) is 5.21 Å². The van der Waals surface area contributed by atoms with Gasteiger partial charge in [-0.2, -0.15) is 0 Å². The van der Waals surface area contributed by atoms with Crippen molar-refractivity contribution in [2.75, 3.05) is 7.05 Å². The molecule has 1 aromatic carbocycles. The van der Waals surface area contributed by atoms with Crippen LogP contribution < -0.4 is 0 Å². The molecule has 1 saturated carbocycles. The van der Waals surface area contributed by atoms with Gasteiger partial charge in [0.05, 0.1) is 23.2 Å². The Balaban J connectivity index is 1.90. The molecule has 0 aromatic heterocycles. The van der Waals surface area contributed by atoms with Gasteiger partial charge in [0.25, 0.3) is 0 Å². The third-order valence-electron chi connectivity index (χ3n) is 4.56. The van der Waals surface area contributed by atoms with Crippen LogP contribution in [0.15, 0.2) is 35.6 Å². The summed E-state index contributed by atoms with van der Waals surface area (Å²) >= 11 is 0. The van der Waals surface area contributed by atoms with E-state index >= 15 is 0 Å². The lowest BCUT2D eigenvalue weighted by Crippen LogP contribution is -2.42. The summed E-state index contributed by atoms with van der Waals surface area (Å²) in [6.07, 6.45) is 2.41.